The molecule has 136 valence electrons. The molecule has 0 unspecified atom stereocenters. The zero-order chi connectivity index (χ0) is 19.0. The number of nitrogens with zero attached hydrogens (tertiary/aromatic N) is 3. The fourth-order valence-electron chi connectivity index (χ4n) is 3.39. The number of hydrogen-bond donors (Lipinski definition) is 1. The zero-order valence-corrected chi connectivity index (χ0v) is 14.3. The minimum Gasteiger partial charge on any atom is -0.312 e. The minimum absolute atomic E-state index is 0.0571. The van der Waals surface area contributed by atoms with Crippen molar-refractivity contribution in [3.05, 3.63) is 76.2 Å². The molecule has 0 saturated heterocycles. The highest BCUT2D eigenvalue weighted by Gasteiger charge is 2.25. The highest BCUT2D eigenvalue weighted by Crippen LogP contribution is 2.31. The molecule has 7 heteroatoms. The van der Waals surface area contributed by atoms with Gasteiger partial charge in [0.05, 0.1) is 18.2 Å². The number of nitriles is 1. The van der Waals surface area contributed by atoms with Crippen LogP contribution in [0, 0.1) is 28.8 Å². The van der Waals surface area contributed by atoms with Crippen LogP contribution < -0.4 is 5.32 Å². The first-order chi connectivity index (χ1) is 13.1. The third-order valence-electron chi connectivity index (χ3n) is 4.69. The smallest absolute Gasteiger partial charge is 0.195 e. The van der Waals surface area contributed by atoms with Crippen molar-refractivity contribution in [3.63, 3.8) is 0 Å². The van der Waals surface area contributed by atoms with E-state index in [1.165, 1.54) is 6.07 Å². The molecule has 0 saturated carbocycles. The molecule has 1 aromatic heterocycles. The van der Waals surface area contributed by atoms with Gasteiger partial charge in [-0.2, -0.15) is 10.4 Å². The molecule has 4 rings (SSSR count). The molecule has 0 bridgehead atoms. The molecule has 0 atom stereocenters. The molecular weight excluding hydrogens is 353 g/mol. The van der Waals surface area contributed by atoms with Crippen LogP contribution in [-0.2, 0) is 19.5 Å². The molecule has 0 aliphatic carbocycles. The van der Waals surface area contributed by atoms with E-state index in [0.717, 1.165) is 29.4 Å². The van der Waals surface area contributed by atoms with Crippen LogP contribution in [0.5, 0.6) is 0 Å². The first-order valence-electron chi connectivity index (χ1n) is 8.50. The summed E-state index contributed by atoms with van der Waals surface area (Å²) in [5, 5.41) is 16.8. The Balaban J connectivity index is 1.81. The van der Waals surface area contributed by atoms with Gasteiger partial charge in [-0.05, 0) is 29.8 Å². The van der Waals surface area contributed by atoms with E-state index < -0.39 is 17.5 Å². The Hall–Kier alpha value is -3.11. The first-order valence-corrected chi connectivity index (χ1v) is 8.50. The van der Waals surface area contributed by atoms with Crippen LogP contribution in [0.3, 0.4) is 0 Å². The summed E-state index contributed by atoms with van der Waals surface area (Å²) in [6.07, 6.45) is 0.686. The second kappa shape index (κ2) is 6.89. The van der Waals surface area contributed by atoms with Gasteiger partial charge in [0.25, 0.3) is 0 Å². The molecule has 0 amide bonds. The second-order valence-electron chi connectivity index (χ2n) is 6.39. The highest BCUT2D eigenvalue weighted by molar-refractivity contribution is 5.65. The van der Waals surface area contributed by atoms with Crippen LogP contribution in [0.25, 0.3) is 11.3 Å². The Kier molecular flexibility index (Phi) is 4.42. The van der Waals surface area contributed by atoms with Crippen molar-refractivity contribution in [2.75, 3.05) is 6.54 Å². The van der Waals surface area contributed by atoms with Gasteiger partial charge in [-0.15, -0.1) is 0 Å². The van der Waals surface area contributed by atoms with Crippen molar-refractivity contribution >= 4 is 0 Å². The van der Waals surface area contributed by atoms with Crippen LogP contribution >= 0.6 is 0 Å². The lowest BCUT2D eigenvalue weighted by Gasteiger charge is -2.16. The summed E-state index contributed by atoms with van der Waals surface area (Å²) in [5.74, 6) is -3.96. The largest absolute Gasteiger partial charge is 0.312 e. The summed E-state index contributed by atoms with van der Waals surface area (Å²) in [5.41, 5.74) is 3.39. The fourth-order valence-corrected chi connectivity index (χ4v) is 3.39. The maximum Gasteiger partial charge on any atom is 0.195 e. The predicted molar refractivity (Wildman–Crippen MR) is 93.2 cm³/mol. The van der Waals surface area contributed by atoms with Crippen molar-refractivity contribution in [1.29, 1.82) is 5.26 Å². The Bertz CT molecular complexity index is 1070. The molecule has 0 spiro atoms. The Morgan fingerprint density at radius 2 is 2.00 bits per heavy atom. The van der Waals surface area contributed by atoms with E-state index in [1.54, 1.807) is 22.9 Å². The van der Waals surface area contributed by atoms with Crippen LogP contribution in [0.2, 0.25) is 0 Å². The molecule has 2 aromatic carbocycles. The number of fused-ring (bicyclic) bond motifs is 1. The molecule has 2 heterocycles. The molecule has 0 fully saturated rings. The van der Waals surface area contributed by atoms with E-state index in [1.807, 2.05) is 6.07 Å². The fraction of sp³-hybridized carbons (Fsp3) is 0.200. The second-order valence-corrected chi connectivity index (χ2v) is 6.39. The van der Waals surface area contributed by atoms with E-state index in [2.05, 4.69) is 16.5 Å². The summed E-state index contributed by atoms with van der Waals surface area (Å²) in [7, 11) is 0. The van der Waals surface area contributed by atoms with Crippen molar-refractivity contribution in [1.82, 2.24) is 15.1 Å². The number of rotatable bonds is 3. The molecular formula is C20H15F3N4. The van der Waals surface area contributed by atoms with Gasteiger partial charge in [-0.1, -0.05) is 12.1 Å². The van der Waals surface area contributed by atoms with Gasteiger partial charge in [0.1, 0.15) is 5.69 Å². The van der Waals surface area contributed by atoms with Crippen LogP contribution in [0.4, 0.5) is 13.2 Å². The monoisotopic (exact) mass is 368 g/mol. The highest BCUT2D eigenvalue weighted by atomic mass is 19.2. The average Bonchev–Trinajstić information content (AvgIpc) is 3.05. The van der Waals surface area contributed by atoms with Gasteiger partial charge < -0.3 is 5.32 Å². The zero-order valence-electron chi connectivity index (χ0n) is 14.3. The SMILES string of the molecule is N#Cc1cccc(Cn2nc(-c3ccc(F)c(F)c3F)c3c2CCNC3)c1. The van der Waals surface area contributed by atoms with Crippen molar-refractivity contribution in [2.24, 2.45) is 0 Å². The third kappa shape index (κ3) is 3.09. The third-order valence-corrected chi connectivity index (χ3v) is 4.69. The minimum atomic E-state index is -1.50. The summed E-state index contributed by atoms with van der Waals surface area (Å²) in [4.78, 5) is 0. The lowest BCUT2D eigenvalue weighted by molar-refractivity contribution is 0.448. The number of halogens is 3. The maximum absolute atomic E-state index is 14.3. The number of aromatic nitrogens is 2. The number of hydrogen-bond acceptors (Lipinski definition) is 3. The van der Waals surface area contributed by atoms with E-state index in [9.17, 15) is 13.2 Å². The summed E-state index contributed by atoms with van der Waals surface area (Å²) >= 11 is 0. The van der Waals surface area contributed by atoms with E-state index in [0.29, 0.717) is 30.8 Å². The van der Waals surface area contributed by atoms with Crippen molar-refractivity contribution in [2.45, 2.75) is 19.5 Å². The first kappa shape index (κ1) is 17.3. The summed E-state index contributed by atoms with van der Waals surface area (Å²) < 4.78 is 43.1. The Morgan fingerprint density at radius 3 is 2.81 bits per heavy atom. The van der Waals surface area contributed by atoms with Gasteiger partial charge in [0.2, 0.25) is 0 Å². The lowest BCUT2D eigenvalue weighted by atomic mass is 10.0. The van der Waals surface area contributed by atoms with Crippen molar-refractivity contribution in [3.8, 4) is 17.3 Å². The molecule has 27 heavy (non-hydrogen) atoms. The van der Waals surface area contributed by atoms with Crippen LogP contribution in [0.15, 0.2) is 36.4 Å². The van der Waals surface area contributed by atoms with Gasteiger partial charge in [0, 0.05) is 36.3 Å². The maximum atomic E-state index is 14.3. The van der Waals surface area contributed by atoms with Gasteiger partial charge >= 0.3 is 0 Å². The Labute approximate surface area is 153 Å². The predicted octanol–water partition coefficient (Wildman–Crippen LogP) is 3.53. The molecule has 0 radical (unpaired) electrons. The summed E-state index contributed by atoms with van der Waals surface area (Å²) in [6.45, 7) is 1.63. The molecule has 3 aromatic rings. The van der Waals surface area contributed by atoms with E-state index in [4.69, 9.17) is 5.26 Å². The number of nitrogens with one attached hydrogen (secondary N) is 1. The molecule has 1 aliphatic rings. The van der Waals surface area contributed by atoms with Gasteiger partial charge in [-0.3, -0.25) is 4.68 Å². The average molecular weight is 368 g/mol. The van der Waals surface area contributed by atoms with Gasteiger partial charge in [-0.25, -0.2) is 13.2 Å². The van der Waals surface area contributed by atoms with Gasteiger partial charge in [0.15, 0.2) is 17.5 Å². The van der Waals surface area contributed by atoms with E-state index >= 15 is 0 Å². The number of benzene rings is 2. The molecule has 1 aliphatic heterocycles. The summed E-state index contributed by atoms with van der Waals surface area (Å²) in [6, 6.07) is 11.4. The van der Waals surface area contributed by atoms with Crippen LogP contribution in [0.1, 0.15) is 22.4 Å². The lowest BCUT2D eigenvalue weighted by Crippen LogP contribution is -2.25. The normalized spacial score (nSPS) is 13.3. The molecule has 4 nitrogen and oxygen atoms in total. The topological polar surface area (TPSA) is 53.6 Å². The Morgan fingerprint density at radius 1 is 1.15 bits per heavy atom. The van der Waals surface area contributed by atoms with Crippen LogP contribution in [-0.4, -0.2) is 16.3 Å². The standard InChI is InChI=1S/C20H15F3N4/c21-16-5-4-14(18(22)19(16)23)20-15-10-25-7-6-17(15)27(26-20)11-13-3-1-2-12(8-13)9-24/h1-5,8,25H,6-7,10-11H2. The van der Waals surface area contributed by atoms with E-state index in [-0.39, 0.29) is 5.56 Å². The van der Waals surface area contributed by atoms with Crippen molar-refractivity contribution < 1.29 is 13.2 Å². The molecule has 1 N–H and O–H groups in total. The quantitative estimate of drug-likeness (QED) is 0.720.